The van der Waals surface area contributed by atoms with Crippen molar-refractivity contribution in [1.29, 1.82) is 0 Å². The molecule has 0 aromatic rings. The molecular weight excluding hydrogens is 320 g/mol. The monoisotopic (exact) mass is 338 g/mol. The molecule has 7 nitrogen and oxygen atoms in total. The molecule has 0 spiro atoms. The predicted molar refractivity (Wildman–Crippen MR) is 86.7 cm³/mol. The number of rotatable bonds is 8. The summed E-state index contributed by atoms with van der Waals surface area (Å²) < 4.78 is 26.7. The maximum absolute atomic E-state index is 12.2. The van der Waals surface area contributed by atoms with E-state index < -0.39 is 28.0 Å². The molecule has 2 atom stereocenters. The highest BCUT2D eigenvalue weighted by Crippen LogP contribution is 2.16. The molecule has 0 aromatic heterocycles. The lowest BCUT2D eigenvalue weighted by Gasteiger charge is -2.21. The zero-order valence-corrected chi connectivity index (χ0v) is 13.3. The van der Waals surface area contributed by atoms with Crippen molar-refractivity contribution in [2.45, 2.75) is 6.04 Å². The molecule has 0 aliphatic heterocycles. The van der Waals surface area contributed by atoms with Crippen molar-refractivity contribution in [3.05, 3.63) is 59.7 Å². The summed E-state index contributed by atoms with van der Waals surface area (Å²) in [6.45, 7) is 3.46. The summed E-state index contributed by atoms with van der Waals surface area (Å²) in [5.41, 5.74) is 0.403. The van der Waals surface area contributed by atoms with Crippen LogP contribution in [0.5, 0.6) is 0 Å². The molecule has 23 heavy (non-hydrogen) atoms. The average Bonchev–Trinajstić information content (AvgIpc) is 2.50. The average molecular weight is 338 g/mol. The van der Waals surface area contributed by atoms with Crippen molar-refractivity contribution in [3.63, 3.8) is 0 Å². The minimum Gasteiger partial charge on any atom is -0.481 e. The minimum absolute atomic E-state index is 0.253. The van der Waals surface area contributed by atoms with Crippen LogP contribution in [0.4, 0.5) is 0 Å². The van der Waals surface area contributed by atoms with Crippen molar-refractivity contribution < 1.29 is 23.1 Å². The van der Waals surface area contributed by atoms with E-state index in [1.807, 2.05) is 0 Å². The molecule has 0 saturated carbocycles. The lowest BCUT2D eigenvalue weighted by Crippen LogP contribution is -2.42. The van der Waals surface area contributed by atoms with Gasteiger partial charge >= 0.3 is 5.97 Å². The Bertz CT molecular complexity index is 701. The number of aliphatic carboxylic acids is 1. The lowest BCUT2D eigenvalue weighted by molar-refractivity contribution is -0.140. The van der Waals surface area contributed by atoms with E-state index in [1.165, 1.54) is 30.4 Å². The van der Waals surface area contributed by atoms with Gasteiger partial charge in [0.2, 0.25) is 10.0 Å². The number of carbonyl (C=O) groups excluding carboxylic acids is 1. The summed E-state index contributed by atoms with van der Waals surface area (Å²) >= 11 is 0. The molecule has 0 saturated heterocycles. The Kier molecular flexibility index (Phi) is 6.67. The number of carbonyl (C=O) groups is 2. The number of carboxylic acid groups (broad SMARTS) is 1. The van der Waals surface area contributed by atoms with Crippen molar-refractivity contribution in [2.75, 3.05) is 7.05 Å². The van der Waals surface area contributed by atoms with E-state index in [4.69, 9.17) is 5.11 Å². The summed E-state index contributed by atoms with van der Waals surface area (Å²) in [7, 11) is -2.39. The Balaban J connectivity index is 2.88. The van der Waals surface area contributed by atoms with Gasteiger partial charge < -0.3 is 10.4 Å². The maximum Gasteiger partial charge on any atom is 0.312 e. The first-order chi connectivity index (χ1) is 10.8. The van der Waals surface area contributed by atoms with Crippen LogP contribution < -0.4 is 10.0 Å². The van der Waals surface area contributed by atoms with Gasteiger partial charge in [-0.1, -0.05) is 30.9 Å². The van der Waals surface area contributed by atoms with Crippen molar-refractivity contribution in [2.24, 2.45) is 5.92 Å². The summed E-state index contributed by atoms with van der Waals surface area (Å²) in [6.07, 6.45) is 10.3. The van der Waals surface area contributed by atoms with Crippen LogP contribution in [0.3, 0.4) is 0 Å². The Labute approximate surface area is 134 Å². The number of sulfonamides is 1. The zero-order chi connectivity index (χ0) is 17.5. The zero-order valence-electron chi connectivity index (χ0n) is 12.5. The van der Waals surface area contributed by atoms with E-state index in [0.29, 0.717) is 12.0 Å². The molecule has 1 rings (SSSR count). The summed E-state index contributed by atoms with van der Waals surface area (Å²) in [6, 6.07) is -0.901. The first-order valence-corrected chi connectivity index (χ1v) is 8.10. The van der Waals surface area contributed by atoms with Crippen LogP contribution in [0.25, 0.3) is 0 Å². The van der Waals surface area contributed by atoms with Crippen LogP contribution in [0.2, 0.25) is 0 Å². The van der Waals surface area contributed by atoms with Crippen LogP contribution in [-0.4, -0.2) is 38.9 Å². The summed E-state index contributed by atoms with van der Waals surface area (Å²) in [5, 5.41) is 11.8. The van der Waals surface area contributed by atoms with Crippen LogP contribution >= 0.6 is 0 Å². The second kappa shape index (κ2) is 8.25. The third-order valence-electron chi connectivity index (χ3n) is 3.04. The minimum atomic E-state index is -3.97. The van der Waals surface area contributed by atoms with Gasteiger partial charge in [-0.2, -0.15) is 0 Å². The second-order valence-corrected chi connectivity index (χ2v) is 6.36. The summed E-state index contributed by atoms with van der Waals surface area (Å²) in [5.74, 6) is -2.12. The molecule has 0 radical (unpaired) electrons. The number of aldehydes is 1. The van der Waals surface area contributed by atoms with Gasteiger partial charge in [-0.3, -0.25) is 9.59 Å². The molecule has 2 unspecified atom stereocenters. The molecular formula is C15H18N2O5S. The molecule has 3 N–H and O–H groups in total. The lowest BCUT2D eigenvalue weighted by atomic mass is 9.96. The van der Waals surface area contributed by atoms with Crippen molar-refractivity contribution >= 4 is 22.3 Å². The molecule has 0 heterocycles. The second-order valence-electron chi connectivity index (χ2n) is 4.59. The van der Waals surface area contributed by atoms with Crippen LogP contribution in [-0.2, 0) is 19.6 Å². The van der Waals surface area contributed by atoms with E-state index in [9.17, 15) is 18.0 Å². The molecule has 1 aliphatic rings. The third-order valence-corrected chi connectivity index (χ3v) is 4.45. The Morgan fingerprint density at radius 1 is 1.26 bits per heavy atom. The molecule has 0 aromatic carbocycles. The van der Waals surface area contributed by atoms with E-state index >= 15 is 0 Å². The fourth-order valence-corrected chi connectivity index (χ4v) is 2.76. The van der Waals surface area contributed by atoms with Crippen LogP contribution in [0, 0.1) is 5.92 Å². The van der Waals surface area contributed by atoms with Gasteiger partial charge in [0.05, 0.1) is 16.9 Å². The van der Waals surface area contributed by atoms with Gasteiger partial charge in [-0.15, -0.1) is 0 Å². The normalized spacial score (nSPS) is 21.3. The number of nitrogens with one attached hydrogen (secondary N) is 2. The molecule has 0 fully saturated rings. The van der Waals surface area contributed by atoms with Gasteiger partial charge in [-0.25, -0.2) is 13.1 Å². The van der Waals surface area contributed by atoms with E-state index in [2.05, 4.69) is 16.6 Å². The quantitative estimate of drug-likeness (QED) is 0.337. The first kappa shape index (κ1) is 18.6. The number of hydrogen-bond acceptors (Lipinski definition) is 5. The first-order valence-electron chi connectivity index (χ1n) is 6.62. The van der Waals surface area contributed by atoms with E-state index in [-0.39, 0.29) is 4.91 Å². The Morgan fingerprint density at radius 3 is 2.48 bits per heavy atom. The van der Waals surface area contributed by atoms with Gasteiger partial charge in [0, 0.05) is 18.8 Å². The number of likely N-dealkylation sites (N-methyl/N-ethyl adjacent to an activating group) is 1. The summed E-state index contributed by atoms with van der Waals surface area (Å²) in [4.78, 5) is 21.3. The SMILES string of the molecule is C=C(/C=C\C(=C\C=O)NC)S(=O)(=O)NC1C=CC=CC1C(=O)O. The Hall–Kier alpha value is -2.45. The van der Waals surface area contributed by atoms with Crippen molar-refractivity contribution in [1.82, 2.24) is 10.0 Å². The van der Waals surface area contributed by atoms with Crippen molar-refractivity contribution in [3.8, 4) is 0 Å². The van der Waals surface area contributed by atoms with E-state index in [0.717, 1.165) is 0 Å². The van der Waals surface area contributed by atoms with Crippen LogP contribution in [0.15, 0.2) is 59.7 Å². The fourth-order valence-electron chi connectivity index (χ4n) is 1.78. The Morgan fingerprint density at radius 2 is 1.91 bits per heavy atom. The van der Waals surface area contributed by atoms with Gasteiger partial charge in [0.1, 0.15) is 6.29 Å². The van der Waals surface area contributed by atoms with Gasteiger partial charge in [0.15, 0.2) is 0 Å². The molecule has 0 bridgehead atoms. The fraction of sp³-hybridized carbons (Fsp3) is 0.200. The smallest absolute Gasteiger partial charge is 0.312 e. The standard InChI is InChI=1S/C15H18N2O5S/c1-11(7-8-12(16-2)9-10-18)23(21,22)17-14-6-4-3-5-13(14)15(19)20/h3-10,13-14,16-17H,1H2,2H3,(H,19,20)/b8-7-,12-9-. The predicted octanol–water partition coefficient (Wildman–Crippen LogP) is 0.473. The number of allylic oxidation sites excluding steroid dienone is 5. The largest absolute Gasteiger partial charge is 0.481 e. The molecule has 8 heteroatoms. The highest BCUT2D eigenvalue weighted by molar-refractivity contribution is 7.93. The van der Waals surface area contributed by atoms with E-state index in [1.54, 1.807) is 19.2 Å². The third kappa shape index (κ3) is 5.35. The number of hydrogen-bond donors (Lipinski definition) is 3. The topological polar surface area (TPSA) is 113 Å². The molecule has 0 amide bonds. The van der Waals surface area contributed by atoms with Gasteiger partial charge in [0.25, 0.3) is 0 Å². The highest BCUT2D eigenvalue weighted by atomic mass is 32.2. The number of carboxylic acids is 1. The molecule has 1 aliphatic carbocycles. The maximum atomic E-state index is 12.2. The van der Waals surface area contributed by atoms with Gasteiger partial charge in [-0.05, 0) is 12.2 Å². The highest BCUT2D eigenvalue weighted by Gasteiger charge is 2.29. The molecule has 124 valence electrons. The van der Waals surface area contributed by atoms with Crippen LogP contribution in [0.1, 0.15) is 0 Å².